The van der Waals surface area contributed by atoms with Gasteiger partial charge >= 0.3 is 5.43 Å². The molecule has 0 saturated carbocycles. The van der Waals surface area contributed by atoms with Crippen molar-refractivity contribution in [2.75, 3.05) is 6.61 Å². The van der Waals surface area contributed by atoms with E-state index >= 15 is 0 Å². The molecule has 0 aromatic rings. The first-order chi connectivity index (χ1) is 4.13. The number of hydrogen-bond donors (Lipinski definition) is 0. The fraction of sp³-hybridized carbons (Fsp3) is 0.500. The third-order valence-electron chi connectivity index (χ3n) is 0.514. The smallest absolute Gasteiger partial charge is 0.403 e. The predicted octanol–water partition coefficient (Wildman–Crippen LogP) is 1.52. The molecule has 0 saturated heterocycles. The summed E-state index contributed by atoms with van der Waals surface area (Å²) in [5, 5.41) is -0.548. The minimum Gasteiger partial charge on any atom is -0.453 e. The van der Waals surface area contributed by atoms with Crippen molar-refractivity contribution in [2.24, 2.45) is 0 Å². The van der Waals surface area contributed by atoms with E-state index in [1.165, 1.54) is 0 Å². The molecule has 52 valence electrons. The Morgan fingerprint density at radius 1 is 1.33 bits per heavy atom. The molecule has 0 aliphatic heterocycles. The van der Waals surface area contributed by atoms with Gasteiger partial charge in [0.15, 0.2) is 0 Å². The number of carbonyl (C=O) groups excluding carboxylic acids is 2. The Bertz CT molecular complexity index is 109. The van der Waals surface area contributed by atoms with Gasteiger partial charge in [-0.2, -0.15) is 0 Å². The maximum absolute atomic E-state index is 9.96. The van der Waals surface area contributed by atoms with Crippen molar-refractivity contribution in [3.05, 3.63) is 0 Å². The van der Waals surface area contributed by atoms with Gasteiger partial charge in [0.1, 0.15) is 6.61 Å². The molecule has 0 radical (unpaired) electrons. The lowest BCUT2D eigenvalue weighted by atomic mass is 10.5. The second-order valence-electron chi connectivity index (χ2n) is 1.19. The van der Waals surface area contributed by atoms with E-state index in [4.69, 9.17) is 23.2 Å². The zero-order chi connectivity index (χ0) is 7.28. The largest absolute Gasteiger partial charge is 0.453 e. The van der Waals surface area contributed by atoms with Gasteiger partial charge in [-0.15, -0.1) is 0 Å². The van der Waals surface area contributed by atoms with Gasteiger partial charge in [0.2, 0.25) is 5.24 Å². The van der Waals surface area contributed by atoms with Crippen molar-refractivity contribution >= 4 is 33.9 Å². The van der Waals surface area contributed by atoms with Gasteiger partial charge in [-0.25, -0.2) is 4.79 Å². The summed E-state index contributed by atoms with van der Waals surface area (Å²) in [6, 6.07) is 0. The van der Waals surface area contributed by atoms with E-state index in [0.717, 1.165) is 0 Å². The van der Waals surface area contributed by atoms with Crippen LogP contribution >= 0.6 is 23.2 Å². The van der Waals surface area contributed by atoms with Crippen LogP contribution < -0.4 is 0 Å². The first kappa shape index (κ1) is 8.72. The molecule has 3 nitrogen and oxygen atoms in total. The molecule has 0 fully saturated rings. The highest BCUT2D eigenvalue weighted by molar-refractivity contribution is 6.63. The van der Waals surface area contributed by atoms with E-state index in [0.29, 0.717) is 0 Å². The van der Waals surface area contributed by atoms with Crippen LogP contribution in [0.25, 0.3) is 0 Å². The van der Waals surface area contributed by atoms with Crippen LogP contribution in [0.1, 0.15) is 6.42 Å². The third-order valence-corrected chi connectivity index (χ3v) is 0.812. The van der Waals surface area contributed by atoms with Crippen molar-refractivity contribution in [1.82, 2.24) is 0 Å². The molecule has 0 N–H and O–H groups in total. The Kier molecular flexibility index (Phi) is 4.44. The van der Waals surface area contributed by atoms with E-state index in [1.54, 1.807) is 0 Å². The molecule has 0 amide bonds. The SMILES string of the molecule is O=C(Cl)CCOC(=O)Cl. The molecule has 0 aliphatic rings. The van der Waals surface area contributed by atoms with Crippen molar-refractivity contribution < 1.29 is 14.3 Å². The zero-order valence-electron chi connectivity index (χ0n) is 4.39. The maximum Gasteiger partial charge on any atom is 0.403 e. The summed E-state index contributed by atoms with van der Waals surface area (Å²) >= 11 is 9.63. The fourth-order valence-corrected chi connectivity index (χ4v) is 0.366. The number of hydrogen-bond acceptors (Lipinski definition) is 3. The van der Waals surface area contributed by atoms with E-state index < -0.39 is 10.7 Å². The lowest BCUT2D eigenvalue weighted by Crippen LogP contribution is -1.99. The van der Waals surface area contributed by atoms with Gasteiger partial charge in [0.25, 0.3) is 0 Å². The second-order valence-corrected chi connectivity index (χ2v) is 1.92. The summed E-state index contributed by atoms with van der Waals surface area (Å²) in [5.41, 5.74) is -0.923. The van der Waals surface area contributed by atoms with E-state index in [2.05, 4.69) is 4.74 Å². The van der Waals surface area contributed by atoms with Crippen LogP contribution in [-0.4, -0.2) is 17.3 Å². The quantitative estimate of drug-likeness (QED) is 0.604. The lowest BCUT2D eigenvalue weighted by Gasteiger charge is -1.93. The number of halogens is 2. The molecule has 0 aromatic carbocycles. The Morgan fingerprint density at radius 2 is 1.89 bits per heavy atom. The zero-order valence-corrected chi connectivity index (χ0v) is 5.91. The Hall–Kier alpha value is -0.280. The third kappa shape index (κ3) is 7.72. The van der Waals surface area contributed by atoms with Gasteiger partial charge in [0, 0.05) is 11.6 Å². The van der Waals surface area contributed by atoms with Crippen LogP contribution in [0.5, 0.6) is 0 Å². The fourth-order valence-electron chi connectivity index (χ4n) is 0.212. The minimum atomic E-state index is -0.923. The normalized spacial score (nSPS) is 8.67. The topological polar surface area (TPSA) is 43.4 Å². The van der Waals surface area contributed by atoms with Crippen molar-refractivity contribution in [3.8, 4) is 0 Å². The van der Waals surface area contributed by atoms with E-state index in [9.17, 15) is 9.59 Å². The van der Waals surface area contributed by atoms with Crippen LogP contribution in [0.3, 0.4) is 0 Å². The highest BCUT2D eigenvalue weighted by Crippen LogP contribution is 1.92. The Labute approximate surface area is 61.9 Å². The van der Waals surface area contributed by atoms with Crippen molar-refractivity contribution in [1.29, 1.82) is 0 Å². The number of ether oxygens (including phenoxy) is 1. The molecule has 5 heteroatoms. The molecule has 0 aromatic heterocycles. The van der Waals surface area contributed by atoms with Crippen LogP contribution in [0.2, 0.25) is 0 Å². The molecule has 0 aliphatic carbocycles. The molecular formula is C4H4Cl2O3. The van der Waals surface area contributed by atoms with E-state index in [-0.39, 0.29) is 13.0 Å². The summed E-state index contributed by atoms with van der Waals surface area (Å²) < 4.78 is 4.17. The van der Waals surface area contributed by atoms with Crippen LogP contribution in [-0.2, 0) is 9.53 Å². The van der Waals surface area contributed by atoms with Gasteiger partial charge in [0.05, 0.1) is 6.42 Å². The molecule has 0 rings (SSSR count). The number of rotatable bonds is 3. The predicted molar refractivity (Wildman–Crippen MR) is 32.7 cm³/mol. The van der Waals surface area contributed by atoms with Crippen molar-refractivity contribution in [2.45, 2.75) is 6.42 Å². The van der Waals surface area contributed by atoms with Crippen LogP contribution in [0.4, 0.5) is 4.79 Å². The summed E-state index contributed by atoms with van der Waals surface area (Å²) in [6.45, 7) is -0.0509. The highest BCUT2D eigenvalue weighted by atomic mass is 35.5. The van der Waals surface area contributed by atoms with Gasteiger partial charge in [-0.05, 0) is 11.6 Å². The maximum atomic E-state index is 9.96. The van der Waals surface area contributed by atoms with Gasteiger partial charge in [-0.3, -0.25) is 4.79 Å². The standard InChI is InChI=1S/C4H4Cl2O3/c5-3(7)1-2-9-4(6)8/h1-2H2. The number of carbonyl (C=O) groups is 2. The molecule has 0 spiro atoms. The van der Waals surface area contributed by atoms with Crippen LogP contribution in [0, 0.1) is 0 Å². The van der Waals surface area contributed by atoms with E-state index in [1.807, 2.05) is 0 Å². The summed E-state index contributed by atoms with van der Waals surface area (Å²) in [4.78, 5) is 19.8. The molecule has 0 atom stereocenters. The average molecular weight is 171 g/mol. The molecule has 0 unspecified atom stereocenters. The lowest BCUT2D eigenvalue weighted by molar-refractivity contribution is -0.112. The summed E-state index contributed by atoms with van der Waals surface area (Å²) in [5.74, 6) is 0. The average Bonchev–Trinajstić information content (AvgIpc) is 1.63. The summed E-state index contributed by atoms with van der Waals surface area (Å²) in [7, 11) is 0. The molecule has 0 bridgehead atoms. The van der Waals surface area contributed by atoms with Gasteiger partial charge < -0.3 is 4.74 Å². The Balaban J connectivity index is 3.10. The van der Waals surface area contributed by atoms with Crippen LogP contribution in [0.15, 0.2) is 0 Å². The molecular weight excluding hydrogens is 167 g/mol. The molecule has 0 heterocycles. The molecule has 9 heavy (non-hydrogen) atoms. The first-order valence-corrected chi connectivity index (χ1v) is 2.89. The Morgan fingerprint density at radius 3 is 2.22 bits per heavy atom. The minimum absolute atomic E-state index is 0.0000154. The highest BCUT2D eigenvalue weighted by Gasteiger charge is 1.98. The van der Waals surface area contributed by atoms with Crippen molar-refractivity contribution in [3.63, 3.8) is 0 Å². The monoisotopic (exact) mass is 170 g/mol. The second kappa shape index (κ2) is 4.58. The van der Waals surface area contributed by atoms with Gasteiger partial charge in [-0.1, -0.05) is 0 Å². The summed E-state index contributed by atoms with van der Waals surface area (Å²) in [6.07, 6.45) is 0.0000154. The first-order valence-electron chi connectivity index (χ1n) is 2.13.